The van der Waals surface area contributed by atoms with Gasteiger partial charge in [0.05, 0.1) is 11.7 Å². The Bertz CT molecular complexity index is 628. The fourth-order valence-corrected chi connectivity index (χ4v) is 2.44. The van der Waals surface area contributed by atoms with E-state index in [2.05, 4.69) is 15.9 Å². The van der Waals surface area contributed by atoms with Crippen LogP contribution in [0.5, 0.6) is 5.75 Å². The zero-order valence-electron chi connectivity index (χ0n) is 10.6. The molecule has 102 valence electrons. The Hall–Kier alpha value is -1.68. The molecule has 0 bridgehead atoms. The monoisotopic (exact) mass is 334 g/mol. The second-order valence-electron chi connectivity index (χ2n) is 4.77. The fourth-order valence-electron chi connectivity index (χ4n) is 1.92. The van der Waals surface area contributed by atoms with Gasteiger partial charge in [0.1, 0.15) is 11.6 Å². The molecule has 4 heteroatoms. The van der Waals surface area contributed by atoms with Crippen LogP contribution in [0.2, 0.25) is 0 Å². The van der Waals surface area contributed by atoms with Gasteiger partial charge >= 0.3 is 0 Å². The molecule has 1 fully saturated rings. The lowest BCUT2D eigenvalue weighted by Crippen LogP contribution is -2.05. The molecular weight excluding hydrogens is 323 g/mol. The van der Waals surface area contributed by atoms with Crippen molar-refractivity contribution < 1.29 is 13.9 Å². The molecule has 1 saturated carbocycles. The molecule has 2 aromatic rings. The van der Waals surface area contributed by atoms with Crippen molar-refractivity contribution in [2.24, 2.45) is 0 Å². The van der Waals surface area contributed by atoms with Crippen LogP contribution in [0.15, 0.2) is 46.9 Å². The first kappa shape index (κ1) is 13.3. The summed E-state index contributed by atoms with van der Waals surface area (Å²) in [7, 11) is 0. The van der Waals surface area contributed by atoms with Crippen molar-refractivity contribution in [1.29, 1.82) is 0 Å². The predicted octanol–water partition coefficient (Wildman–Crippen LogP) is 4.36. The zero-order chi connectivity index (χ0) is 14.1. The highest BCUT2D eigenvalue weighted by Gasteiger charge is 2.23. The Kier molecular flexibility index (Phi) is 3.57. The number of benzene rings is 2. The minimum atomic E-state index is -0.525. The lowest BCUT2D eigenvalue weighted by molar-refractivity contribution is 0.103. The number of hydrogen-bond acceptors (Lipinski definition) is 2. The third kappa shape index (κ3) is 2.75. The van der Waals surface area contributed by atoms with Gasteiger partial charge in [0.2, 0.25) is 0 Å². The van der Waals surface area contributed by atoms with Crippen LogP contribution in [0.1, 0.15) is 28.8 Å². The molecule has 0 N–H and O–H groups in total. The van der Waals surface area contributed by atoms with Crippen LogP contribution in [0.4, 0.5) is 4.39 Å². The minimum absolute atomic E-state index is 0.0587. The van der Waals surface area contributed by atoms with Gasteiger partial charge < -0.3 is 4.74 Å². The topological polar surface area (TPSA) is 26.3 Å². The normalized spacial score (nSPS) is 14.1. The number of carbonyl (C=O) groups is 1. The molecule has 2 nitrogen and oxygen atoms in total. The number of halogens is 2. The van der Waals surface area contributed by atoms with Gasteiger partial charge in [0.25, 0.3) is 0 Å². The van der Waals surface area contributed by atoms with E-state index in [0.29, 0.717) is 16.1 Å². The van der Waals surface area contributed by atoms with Crippen LogP contribution < -0.4 is 4.74 Å². The van der Waals surface area contributed by atoms with Crippen molar-refractivity contribution in [3.8, 4) is 5.75 Å². The third-order valence-electron chi connectivity index (χ3n) is 3.13. The van der Waals surface area contributed by atoms with Crippen LogP contribution in [-0.2, 0) is 0 Å². The number of ether oxygens (including phenoxy) is 1. The molecule has 0 heterocycles. The smallest absolute Gasteiger partial charge is 0.197 e. The summed E-state index contributed by atoms with van der Waals surface area (Å²) in [4.78, 5) is 12.3. The van der Waals surface area contributed by atoms with E-state index in [9.17, 15) is 9.18 Å². The van der Waals surface area contributed by atoms with Gasteiger partial charge in [-0.2, -0.15) is 0 Å². The van der Waals surface area contributed by atoms with Gasteiger partial charge in [-0.3, -0.25) is 4.79 Å². The van der Waals surface area contributed by atoms with Gasteiger partial charge in [-0.05, 0) is 65.2 Å². The molecule has 0 aromatic heterocycles. The quantitative estimate of drug-likeness (QED) is 0.776. The van der Waals surface area contributed by atoms with Crippen molar-refractivity contribution in [3.63, 3.8) is 0 Å². The first-order valence-corrected chi connectivity index (χ1v) is 7.20. The highest BCUT2D eigenvalue weighted by Crippen LogP contribution is 2.28. The lowest BCUT2D eigenvalue weighted by atomic mass is 10.0. The highest BCUT2D eigenvalue weighted by molar-refractivity contribution is 9.10. The molecule has 0 amide bonds. The van der Waals surface area contributed by atoms with Gasteiger partial charge in [-0.25, -0.2) is 4.39 Å². The van der Waals surface area contributed by atoms with Crippen molar-refractivity contribution in [2.75, 3.05) is 0 Å². The minimum Gasteiger partial charge on any atom is -0.490 e. The first-order valence-electron chi connectivity index (χ1n) is 6.40. The molecule has 0 saturated heterocycles. The van der Waals surface area contributed by atoms with E-state index in [4.69, 9.17) is 4.74 Å². The maximum absolute atomic E-state index is 13.8. The number of hydrogen-bond donors (Lipinski definition) is 0. The second kappa shape index (κ2) is 5.37. The summed E-state index contributed by atoms with van der Waals surface area (Å²) in [5, 5.41) is 0. The lowest BCUT2D eigenvalue weighted by Gasteiger charge is -2.07. The number of ketones is 1. The van der Waals surface area contributed by atoms with Crippen molar-refractivity contribution >= 4 is 21.7 Å². The average molecular weight is 335 g/mol. The van der Waals surface area contributed by atoms with E-state index >= 15 is 0 Å². The molecule has 0 radical (unpaired) electrons. The van der Waals surface area contributed by atoms with E-state index in [0.717, 1.165) is 18.6 Å². The first-order chi connectivity index (χ1) is 9.65. The molecule has 1 aliphatic carbocycles. The van der Waals surface area contributed by atoms with E-state index in [1.165, 1.54) is 6.07 Å². The molecular formula is C16H12BrFO2. The number of carbonyl (C=O) groups excluding carboxylic acids is 1. The van der Waals surface area contributed by atoms with Crippen molar-refractivity contribution in [1.82, 2.24) is 0 Å². The molecule has 3 rings (SSSR count). The van der Waals surface area contributed by atoms with Crippen molar-refractivity contribution in [3.05, 3.63) is 63.9 Å². The van der Waals surface area contributed by atoms with Crippen LogP contribution >= 0.6 is 15.9 Å². The highest BCUT2D eigenvalue weighted by atomic mass is 79.9. The van der Waals surface area contributed by atoms with Crippen LogP contribution in [0.25, 0.3) is 0 Å². The van der Waals surface area contributed by atoms with Gasteiger partial charge in [0, 0.05) is 10.0 Å². The van der Waals surface area contributed by atoms with E-state index in [1.54, 1.807) is 36.4 Å². The standard InChI is InChI=1S/C16H12BrFO2/c17-13-2-1-3-14(18)15(13)16(19)10-4-6-11(7-5-10)20-12-8-9-12/h1-7,12H,8-9H2. The molecule has 0 aliphatic heterocycles. The zero-order valence-corrected chi connectivity index (χ0v) is 12.2. The van der Waals surface area contributed by atoms with Gasteiger partial charge in [0.15, 0.2) is 5.78 Å². The van der Waals surface area contributed by atoms with Crippen LogP contribution in [0.3, 0.4) is 0 Å². The summed E-state index contributed by atoms with van der Waals surface area (Å²) in [6.45, 7) is 0. The maximum Gasteiger partial charge on any atom is 0.197 e. The molecule has 2 aromatic carbocycles. The summed E-state index contributed by atoms with van der Waals surface area (Å²) in [6, 6.07) is 11.3. The molecule has 0 unspecified atom stereocenters. The van der Waals surface area contributed by atoms with E-state index in [1.807, 2.05) is 0 Å². The summed E-state index contributed by atoms with van der Waals surface area (Å²) in [6.07, 6.45) is 2.49. The Morgan fingerprint density at radius 3 is 2.45 bits per heavy atom. The molecule has 20 heavy (non-hydrogen) atoms. The second-order valence-corrected chi connectivity index (χ2v) is 5.62. The summed E-state index contributed by atoms with van der Waals surface area (Å²) in [5.74, 6) is -0.118. The Labute approximate surface area is 124 Å². The SMILES string of the molecule is O=C(c1ccc(OC2CC2)cc1)c1c(F)cccc1Br. The summed E-state index contributed by atoms with van der Waals surface area (Å²) < 4.78 is 19.8. The van der Waals surface area contributed by atoms with E-state index < -0.39 is 5.82 Å². The van der Waals surface area contributed by atoms with Crippen molar-refractivity contribution in [2.45, 2.75) is 18.9 Å². The number of rotatable bonds is 4. The Morgan fingerprint density at radius 2 is 1.85 bits per heavy atom. The predicted molar refractivity (Wildman–Crippen MR) is 77.6 cm³/mol. The van der Waals surface area contributed by atoms with Gasteiger partial charge in [-0.15, -0.1) is 0 Å². The van der Waals surface area contributed by atoms with Gasteiger partial charge in [-0.1, -0.05) is 6.07 Å². The summed E-state index contributed by atoms with van der Waals surface area (Å²) in [5.41, 5.74) is 0.502. The largest absolute Gasteiger partial charge is 0.490 e. The Balaban J connectivity index is 1.86. The third-order valence-corrected chi connectivity index (χ3v) is 3.79. The van der Waals surface area contributed by atoms with E-state index in [-0.39, 0.29) is 11.3 Å². The maximum atomic E-state index is 13.8. The Morgan fingerprint density at radius 1 is 1.15 bits per heavy atom. The van der Waals surface area contributed by atoms with Crippen LogP contribution in [0, 0.1) is 5.82 Å². The summed E-state index contributed by atoms with van der Waals surface area (Å²) >= 11 is 3.21. The van der Waals surface area contributed by atoms with Crippen LogP contribution in [-0.4, -0.2) is 11.9 Å². The molecule has 0 atom stereocenters. The average Bonchev–Trinajstić information content (AvgIpc) is 3.23. The fraction of sp³-hybridized carbons (Fsp3) is 0.188. The molecule has 1 aliphatic rings. The molecule has 0 spiro atoms.